The predicted molar refractivity (Wildman–Crippen MR) is 71.5 cm³/mol. The van der Waals surface area contributed by atoms with Crippen molar-refractivity contribution in [3.05, 3.63) is 27.2 Å². The van der Waals surface area contributed by atoms with Crippen LogP contribution in [0.15, 0.2) is 12.1 Å². The first-order valence-corrected chi connectivity index (χ1v) is 6.46. The van der Waals surface area contributed by atoms with Crippen LogP contribution in [0.25, 0.3) is 0 Å². The van der Waals surface area contributed by atoms with Crippen molar-refractivity contribution < 1.29 is 17.9 Å². The fraction of sp³-hybridized carbons (Fsp3) is 0.455. The molecule has 0 bridgehead atoms. The Hall–Kier alpha value is -0.360. The average molecular weight is 337 g/mol. The standard InChI is InChI=1S/C11H11Cl3F3NO/c12-7-4-8(13)10(9(14)5-7)18-2-1-3-19-6-11(15,16)17/h4-5,18H,1-3,6H2. The number of alkyl halides is 3. The van der Waals surface area contributed by atoms with Crippen molar-refractivity contribution in [2.75, 3.05) is 25.1 Å². The number of hydrogen-bond acceptors (Lipinski definition) is 2. The number of rotatable bonds is 6. The molecular formula is C11H11Cl3F3NO. The van der Waals surface area contributed by atoms with Crippen LogP contribution in [-0.4, -0.2) is 25.9 Å². The summed E-state index contributed by atoms with van der Waals surface area (Å²) >= 11 is 17.6. The molecule has 1 N–H and O–H groups in total. The lowest BCUT2D eigenvalue weighted by Crippen LogP contribution is -2.18. The van der Waals surface area contributed by atoms with Crippen molar-refractivity contribution in [2.24, 2.45) is 0 Å². The van der Waals surface area contributed by atoms with Crippen LogP contribution in [0.3, 0.4) is 0 Å². The highest BCUT2D eigenvalue weighted by atomic mass is 35.5. The zero-order chi connectivity index (χ0) is 14.5. The smallest absolute Gasteiger partial charge is 0.383 e. The van der Waals surface area contributed by atoms with Gasteiger partial charge in [0.15, 0.2) is 0 Å². The number of anilines is 1. The van der Waals surface area contributed by atoms with Crippen LogP contribution in [0.2, 0.25) is 15.1 Å². The average Bonchev–Trinajstić information content (AvgIpc) is 2.24. The highest BCUT2D eigenvalue weighted by Gasteiger charge is 2.27. The molecule has 108 valence electrons. The molecule has 0 saturated carbocycles. The summed E-state index contributed by atoms with van der Waals surface area (Å²) in [5.41, 5.74) is 0.503. The van der Waals surface area contributed by atoms with Crippen LogP contribution < -0.4 is 5.32 Å². The Labute approximate surface area is 123 Å². The Balaban J connectivity index is 2.30. The topological polar surface area (TPSA) is 21.3 Å². The molecule has 2 nitrogen and oxygen atoms in total. The molecule has 0 heterocycles. The molecule has 0 aliphatic heterocycles. The van der Waals surface area contributed by atoms with Gasteiger partial charge in [0.2, 0.25) is 0 Å². The van der Waals surface area contributed by atoms with Gasteiger partial charge in [-0.2, -0.15) is 13.2 Å². The zero-order valence-electron chi connectivity index (χ0n) is 9.66. The molecular weight excluding hydrogens is 325 g/mol. The first-order chi connectivity index (χ1) is 8.79. The molecule has 19 heavy (non-hydrogen) atoms. The van der Waals surface area contributed by atoms with Crippen LogP contribution in [-0.2, 0) is 4.74 Å². The quantitative estimate of drug-likeness (QED) is 0.736. The highest BCUT2D eigenvalue weighted by Crippen LogP contribution is 2.33. The summed E-state index contributed by atoms with van der Waals surface area (Å²) in [7, 11) is 0. The van der Waals surface area contributed by atoms with E-state index >= 15 is 0 Å². The molecule has 1 aromatic rings. The summed E-state index contributed by atoms with van der Waals surface area (Å²) in [6.07, 6.45) is -3.90. The molecule has 0 aliphatic rings. The lowest BCUT2D eigenvalue weighted by molar-refractivity contribution is -0.173. The molecule has 0 unspecified atom stereocenters. The summed E-state index contributed by atoms with van der Waals surface area (Å²) in [4.78, 5) is 0. The Bertz CT molecular complexity index is 403. The largest absolute Gasteiger partial charge is 0.411 e. The van der Waals surface area contributed by atoms with Gasteiger partial charge in [-0.05, 0) is 18.6 Å². The first kappa shape index (κ1) is 16.7. The lowest BCUT2D eigenvalue weighted by Gasteiger charge is -2.11. The van der Waals surface area contributed by atoms with E-state index in [1.54, 1.807) is 0 Å². The maximum atomic E-state index is 11.8. The third kappa shape index (κ3) is 6.56. The SMILES string of the molecule is FC(F)(F)COCCCNc1c(Cl)cc(Cl)cc1Cl. The minimum atomic E-state index is -4.30. The Kier molecular flexibility index (Phi) is 6.53. The van der Waals surface area contributed by atoms with E-state index in [1.807, 2.05) is 0 Å². The van der Waals surface area contributed by atoms with E-state index in [9.17, 15) is 13.2 Å². The molecule has 0 aromatic heterocycles. The second-order valence-electron chi connectivity index (χ2n) is 3.69. The van der Waals surface area contributed by atoms with Crippen molar-refractivity contribution in [3.63, 3.8) is 0 Å². The van der Waals surface area contributed by atoms with E-state index in [-0.39, 0.29) is 6.61 Å². The van der Waals surface area contributed by atoms with Crippen LogP contribution in [0, 0.1) is 0 Å². The minimum Gasteiger partial charge on any atom is -0.383 e. The van der Waals surface area contributed by atoms with E-state index in [2.05, 4.69) is 10.1 Å². The summed E-state index contributed by atoms with van der Waals surface area (Å²) in [5.74, 6) is 0. The van der Waals surface area contributed by atoms with Gasteiger partial charge in [0, 0.05) is 18.2 Å². The third-order valence-corrected chi connectivity index (χ3v) is 2.85. The fourth-order valence-corrected chi connectivity index (χ4v) is 2.24. The molecule has 0 radical (unpaired) electrons. The highest BCUT2D eigenvalue weighted by molar-refractivity contribution is 6.41. The first-order valence-electron chi connectivity index (χ1n) is 5.32. The van der Waals surface area contributed by atoms with Gasteiger partial charge in [-0.3, -0.25) is 0 Å². The second-order valence-corrected chi connectivity index (χ2v) is 4.94. The normalized spacial score (nSPS) is 11.7. The van der Waals surface area contributed by atoms with Gasteiger partial charge in [-0.1, -0.05) is 34.8 Å². The maximum Gasteiger partial charge on any atom is 0.411 e. The molecule has 0 fully saturated rings. The monoisotopic (exact) mass is 335 g/mol. The maximum absolute atomic E-state index is 11.8. The summed E-state index contributed by atoms with van der Waals surface area (Å²) in [5, 5.41) is 4.04. The molecule has 0 saturated heterocycles. The van der Waals surface area contributed by atoms with Crippen LogP contribution in [0.1, 0.15) is 6.42 Å². The molecule has 0 aliphatic carbocycles. The van der Waals surface area contributed by atoms with Crippen LogP contribution in [0.4, 0.5) is 18.9 Å². The van der Waals surface area contributed by atoms with Gasteiger partial charge in [-0.25, -0.2) is 0 Å². The van der Waals surface area contributed by atoms with Crippen molar-refractivity contribution >= 4 is 40.5 Å². The van der Waals surface area contributed by atoms with E-state index in [1.165, 1.54) is 12.1 Å². The van der Waals surface area contributed by atoms with Crippen LogP contribution in [0.5, 0.6) is 0 Å². The van der Waals surface area contributed by atoms with Crippen LogP contribution >= 0.6 is 34.8 Å². The summed E-state index contributed by atoms with van der Waals surface area (Å²) < 4.78 is 39.8. The van der Waals surface area contributed by atoms with Crippen molar-refractivity contribution in [1.82, 2.24) is 0 Å². The molecule has 1 rings (SSSR count). The molecule has 0 amide bonds. The number of benzene rings is 1. The minimum absolute atomic E-state index is 0.00463. The number of nitrogens with one attached hydrogen (secondary N) is 1. The van der Waals surface area contributed by atoms with Gasteiger partial charge in [0.05, 0.1) is 15.7 Å². The summed E-state index contributed by atoms with van der Waals surface area (Å²) in [6, 6.07) is 3.05. The van der Waals surface area contributed by atoms with Gasteiger partial charge < -0.3 is 10.1 Å². The molecule has 0 spiro atoms. The van der Waals surface area contributed by atoms with Crippen molar-refractivity contribution in [1.29, 1.82) is 0 Å². The van der Waals surface area contributed by atoms with Gasteiger partial charge >= 0.3 is 6.18 Å². The zero-order valence-corrected chi connectivity index (χ0v) is 11.9. The van der Waals surface area contributed by atoms with E-state index in [4.69, 9.17) is 34.8 Å². The number of halogens is 6. The van der Waals surface area contributed by atoms with E-state index in [0.29, 0.717) is 33.7 Å². The number of hydrogen-bond donors (Lipinski definition) is 1. The lowest BCUT2D eigenvalue weighted by atomic mass is 10.3. The third-order valence-electron chi connectivity index (χ3n) is 2.04. The Morgan fingerprint density at radius 3 is 2.21 bits per heavy atom. The van der Waals surface area contributed by atoms with Crippen molar-refractivity contribution in [2.45, 2.75) is 12.6 Å². The van der Waals surface area contributed by atoms with Crippen molar-refractivity contribution in [3.8, 4) is 0 Å². The Morgan fingerprint density at radius 1 is 1.11 bits per heavy atom. The molecule has 8 heteroatoms. The van der Waals surface area contributed by atoms with E-state index < -0.39 is 12.8 Å². The summed E-state index contributed by atoms with van der Waals surface area (Å²) in [6.45, 7) is -0.857. The van der Waals surface area contributed by atoms with Gasteiger partial charge in [-0.15, -0.1) is 0 Å². The second kappa shape index (κ2) is 7.43. The Morgan fingerprint density at radius 2 is 1.68 bits per heavy atom. The number of ether oxygens (including phenoxy) is 1. The van der Waals surface area contributed by atoms with Gasteiger partial charge in [0.1, 0.15) is 6.61 Å². The predicted octanol–water partition coefficient (Wildman–Crippen LogP) is 5.03. The van der Waals surface area contributed by atoms with Gasteiger partial charge in [0.25, 0.3) is 0 Å². The molecule has 1 aromatic carbocycles. The fourth-order valence-electron chi connectivity index (χ4n) is 1.29. The molecule has 0 atom stereocenters. The van der Waals surface area contributed by atoms with E-state index in [0.717, 1.165) is 0 Å².